The molecule has 0 saturated heterocycles. The van der Waals surface area contributed by atoms with Crippen LogP contribution in [0.3, 0.4) is 0 Å². The van der Waals surface area contributed by atoms with E-state index in [1.807, 2.05) is 0 Å². The Morgan fingerprint density at radius 2 is 1.84 bits per heavy atom. The van der Waals surface area contributed by atoms with Gasteiger partial charge in [0.1, 0.15) is 17.8 Å². The molecule has 0 aromatic heterocycles. The number of benzene rings is 1. The van der Waals surface area contributed by atoms with Crippen molar-refractivity contribution in [1.82, 2.24) is 0 Å². The summed E-state index contributed by atoms with van der Waals surface area (Å²) in [6, 6.07) is 4.38. The first-order valence-corrected chi connectivity index (χ1v) is 5.41. The molecule has 2 rings (SSSR count). The topological polar surface area (TPSA) is 38.7 Å². The van der Waals surface area contributed by atoms with Gasteiger partial charge in [0.15, 0.2) is 5.76 Å². The Bertz CT molecular complexity index is 527. The summed E-state index contributed by atoms with van der Waals surface area (Å²) in [5.74, 6) is 0.488. The van der Waals surface area contributed by atoms with Crippen molar-refractivity contribution >= 4 is 5.76 Å². The Labute approximate surface area is 107 Å². The predicted molar refractivity (Wildman–Crippen MR) is 61.8 cm³/mol. The molecule has 0 aliphatic carbocycles. The van der Waals surface area contributed by atoms with E-state index in [2.05, 4.69) is 0 Å². The second-order valence-corrected chi connectivity index (χ2v) is 3.93. The molecule has 0 unspecified atom stereocenters. The minimum absolute atomic E-state index is 0.0842. The van der Waals surface area contributed by atoms with E-state index in [4.69, 9.17) is 9.47 Å². The highest BCUT2D eigenvalue weighted by atomic mass is 19.4. The molecule has 0 saturated carbocycles. The summed E-state index contributed by atoms with van der Waals surface area (Å²) in [6.07, 6.45) is -2.93. The maximum absolute atomic E-state index is 12.4. The molecule has 19 heavy (non-hydrogen) atoms. The molecule has 1 N–H and O–H groups in total. The molecular formula is C13H11F3O3. The predicted octanol–water partition coefficient (Wildman–Crippen LogP) is 3.84. The average Bonchev–Trinajstić information content (AvgIpc) is 2.37. The van der Waals surface area contributed by atoms with E-state index in [-0.39, 0.29) is 17.9 Å². The molecule has 0 radical (unpaired) electrons. The molecule has 0 fully saturated rings. The SMILES string of the molecule is COC1=COC(c2ccc(C(F)(F)F)cc2)=C(O)C1. The second kappa shape index (κ2) is 4.87. The first-order valence-electron chi connectivity index (χ1n) is 5.41. The molecular weight excluding hydrogens is 261 g/mol. The molecule has 1 aliphatic rings. The third-order valence-electron chi connectivity index (χ3n) is 2.65. The highest BCUT2D eigenvalue weighted by Gasteiger charge is 2.30. The Balaban J connectivity index is 2.24. The van der Waals surface area contributed by atoms with Crippen LogP contribution in [0.1, 0.15) is 17.5 Å². The van der Waals surface area contributed by atoms with Gasteiger partial charge in [-0.1, -0.05) is 12.1 Å². The third-order valence-corrected chi connectivity index (χ3v) is 2.65. The normalized spacial score (nSPS) is 15.9. The van der Waals surface area contributed by atoms with Gasteiger partial charge in [-0.3, -0.25) is 0 Å². The average molecular weight is 272 g/mol. The quantitative estimate of drug-likeness (QED) is 0.889. The lowest BCUT2D eigenvalue weighted by atomic mass is 10.1. The number of hydrogen-bond acceptors (Lipinski definition) is 3. The standard InChI is InChI=1S/C13H11F3O3/c1-18-10-6-11(17)12(19-7-10)8-2-4-9(5-3-8)13(14,15)16/h2-5,7,17H,6H2,1H3. The number of ether oxygens (including phenoxy) is 2. The van der Waals surface area contributed by atoms with Crippen LogP contribution in [0.4, 0.5) is 13.2 Å². The van der Waals surface area contributed by atoms with Crippen molar-refractivity contribution in [1.29, 1.82) is 0 Å². The molecule has 0 atom stereocenters. The zero-order valence-corrected chi connectivity index (χ0v) is 9.99. The van der Waals surface area contributed by atoms with E-state index >= 15 is 0 Å². The largest absolute Gasteiger partial charge is 0.508 e. The lowest BCUT2D eigenvalue weighted by Crippen LogP contribution is -2.06. The van der Waals surface area contributed by atoms with Crippen molar-refractivity contribution in [3.05, 3.63) is 53.2 Å². The van der Waals surface area contributed by atoms with Gasteiger partial charge in [0.2, 0.25) is 0 Å². The number of alkyl halides is 3. The van der Waals surface area contributed by atoms with E-state index in [0.29, 0.717) is 11.3 Å². The fraction of sp³-hybridized carbons (Fsp3) is 0.231. The Morgan fingerprint density at radius 3 is 2.32 bits per heavy atom. The summed E-state index contributed by atoms with van der Waals surface area (Å²) < 4.78 is 47.3. The monoisotopic (exact) mass is 272 g/mol. The summed E-state index contributed by atoms with van der Waals surface area (Å²) in [4.78, 5) is 0. The van der Waals surface area contributed by atoms with Crippen molar-refractivity contribution in [3.63, 3.8) is 0 Å². The van der Waals surface area contributed by atoms with E-state index < -0.39 is 11.7 Å². The molecule has 6 heteroatoms. The maximum Gasteiger partial charge on any atom is 0.416 e. The van der Waals surface area contributed by atoms with Crippen LogP contribution in [0.5, 0.6) is 0 Å². The first-order chi connectivity index (χ1) is 8.91. The van der Waals surface area contributed by atoms with Crippen LogP contribution in [0.25, 0.3) is 5.76 Å². The van der Waals surface area contributed by atoms with Crippen LogP contribution in [0.15, 0.2) is 42.0 Å². The summed E-state index contributed by atoms with van der Waals surface area (Å²) in [5, 5.41) is 9.76. The van der Waals surface area contributed by atoms with Crippen LogP contribution >= 0.6 is 0 Å². The number of aliphatic hydroxyl groups excluding tert-OH is 1. The Kier molecular flexibility index (Phi) is 3.42. The van der Waals surface area contributed by atoms with E-state index in [9.17, 15) is 18.3 Å². The summed E-state index contributed by atoms with van der Waals surface area (Å²) in [7, 11) is 1.44. The number of rotatable bonds is 2. The van der Waals surface area contributed by atoms with E-state index in [0.717, 1.165) is 12.1 Å². The van der Waals surface area contributed by atoms with Gasteiger partial charge < -0.3 is 14.6 Å². The van der Waals surface area contributed by atoms with Gasteiger partial charge in [0, 0.05) is 5.56 Å². The summed E-state index contributed by atoms with van der Waals surface area (Å²) in [6.45, 7) is 0. The minimum Gasteiger partial charge on any atom is -0.508 e. The van der Waals surface area contributed by atoms with Gasteiger partial charge in [-0.15, -0.1) is 0 Å². The molecule has 1 heterocycles. The molecule has 0 amide bonds. The zero-order valence-electron chi connectivity index (χ0n) is 9.99. The lowest BCUT2D eigenvalue weighted by Gasteiger charge is -2.17. The van der Waals surface area contributed by atoms with Gasteiger partial charge in [-0.05, 0) is 12.1 Å². The molecule has 1 aliphatic heterocycles. The van der Waals surface area contributed by atoms with Crippen molar-refractivity contribution in [2.24, 2.45) is 0 Å². The van der Waals surface area contributed by atoms with E-state index in [1.54, 1.807) is 0 Å². The second-order valence-electron chi connectivity index (χ2n) is 3.93. The third kappa shape index (κ3) is 2.83. The molecule has 3 nitrogen and oxygen atoms in total. The molecule has 0 bridgehead atoms. The Hall–Kier alpha value is -2.11. The van der Waals surface area contributed by atoms with Crippen LogP contribution in [-0.2, 0) is 15.7 Å². The highest BCUT2D eigenvalue weighted by Crippen LogP contribution is 2.32. The van der Waals surface area contributed by atoms with Gasteiger partial charge >= 0.3 is 6.18 Å². The van der Waals surface area contributed by atoms with Crippen LogP contribution in [0.2, 0.25) is 0 Å². The molecule has 1 aromatic rings. The molecule has 1 aromatic carbocycles. The minimum atomic E-state index is -4.38. The van der Waals surface area contributed by atoms with Gasteiger partial charge in [-0.25, -0.2) is 0 Å². The number of hydrogen-bond donors (Lipinski definition) is 1. The number of methoxy groups -OCH3 is 1. The first kappa shape index (κ1) is 13.3. The van der Waals surface area contributed by atoms with Gasteiger partial charge in [0.25, 0.3) is 0 Å². The summed E-state index contributed by atoms with van der Waals surface area (Å²) >= 11 is 0. The fourth-order valence-electron chi connectivity index (χ4n) is 1.65. The van der Waals surface area contributed by atoms with Crippen LogP contribution < -0.4 is 0 Å². The number of aliphatic hydroxyl groups is 1. The van der Waals surface area contributed by atoms with E-state index in [1.165, 1.54) is 25.5 Å². The smallest absolute Gasteiger partial charge is 0.416 e. The van der Waals surface area contributed by atoms with Crippen LogP contribution in [0, 0.1) is 0 Å². The fourth-order valence-corrected chi connectivity index (χ4v) is 1.65. The van der Waals surface area contributed by atoms with Crippen molar-refractivity contribution in [2.75, 3.05) is 7.11 Å². The van der Waals surface area contributed by atoms with Crippen molar-refractivity contribution < 1.29 is 27.8 Å². The highest BCUT2D eigenvalue weighted by molar-refractivity contribution is 5.63. The van der Waals surface area contributed by atoms with Crippen molar-refractivity contribution in [3.8, 4) is 0 Å². The molecule has 102 valence electrons. The van der Waals surface area contributed by atoms with Crippen molar-refractivity contribution in [2.45, 2.75) is 12.6 Å². The maximum atomic E-state index is 12.4. The Morgan fingerprint density at radius 1 is 1.21 bits per heavy atom. The lowest BCUT2D eigenvalue weighted by molar-refractivity contribution is -0.137. The van der Waals surface area contributed by atoms with Gasteiger partial charge in [-0.2, -0.15) is 13.2 Å². The number of halogens is 3. The zero-order chi connectivity index (χ0) is 14.0. The molecule has 0 spiro atoms. The van der Waals surface area contributed by atoms with Crippen LogP contribution in [-0.4, -0.2) is 12.2 Å². The summed E-state index contributed by atoms with van der Waals surface area (Å²) in [5.41, 5.74) is -0.378. The van der Waals surface area contributed by atoms with Gasteiger partial charge in [0.05, 0.1) is 19.1 Å².